The first-order valence-corrected chi connectivity index (χ1v) is 8.56. The highest BCUT2D eigenvalue weighted by atomic mass is 19.1. The van der Waals surface area contributed by atoms with Crippen molar-refractivity contribution in [2.45, 2.75) is 13.0 Å². The van der Waals surface area contributed by atoms with Crippen LogP contribution in [-0.4, -0.2) is 37.5 Å². The number of nitrogens with zero attached hydrogens (tertiary/aromatic N) is 1. The molecular formula is C20H21FN2O4. The van der Waals surface area contributed by atoms with Gasteiger partial charge < -0.3 is 19.7 Å². The molecule has 1 saturated heterocycles. The molecule has 2 aromatic carbocycles. The van der Waals surface area contributed by atoms with Crippen LogP contribution in [0.2, 0.25) is 0 Å². The largest absolute Gasteiger partial charge is 0.497 e. The van der Waals surface area contributed by atoms with Crippen LogP contribution in [0, 0.1) is 11.7 Å². The zero-order valence-electron chi connectivity index (χ0n) is 15.2. The van der Waals surface area contributed by atoms with Gasteiger partial charge in [0.15, 0.2) is 0 Å². The predicted octanol–water partition coefficient (Wildman–Crippen LogP) is 2.83. The molecule has 1 aliphatic heterocycles. The van der Waals surface area contributed by atoms with Crippen molar-refractivity contribution in [3.63, 3.8) is 0 Å². The zero-order chi connectivity index (χ0) is 19.4. The first-order chi connectivity index (χ1) is 13.0. The maximum Gasteiger partial charge on any atom is 0.229 e. The maximum atomic E-state index is 13.8. The Balaban J connectivity index is 1.66. The van der Waals surface area contributed by atoms with E-state index in [1.807, 2.05) is 0 Å². The van der Waals surface area contributed by atoms with Gasteiger partial charge in [0.25, 0.3) is 0 Å². The Morgan fingerprint density at radius 3 is 2.70 bits per heavy atom. The lowest BCUT2D eigenvalue weighted by Crippen LogP contribution is -2.28. The predicted molar refractivity (Wildman–Crippen MR) is 98.1 cm³/mol. The SMILES string of the molecule is COc1ccc(NC(=O)C2CC(=O)N(Cc3ccccc3F)C2)c(OC)c1. The van der Waals surface area contributed by atoms with Gasteiger partial charge in [-0.05, 0) is 18.2 Å². The van der Waals surface area contributed by atoms with E-state index in [9.17, 15) is 14.0 Å². The topological polar surface area (TPSA) is 67.9 Å². The van der Waals surface area contributed by atoms with Gasteiger partial charge in [0.1, 0.15) is 17.3 Å². The minimum Gasteiger partial charge on any atom is -0.497 e. The van der Waals surface area contributed by atoms with Gasteiger partial charge in [-0.3, -0.25) is 9.59 Å². The van der Waals surface area contributed by atoms with Crippen molar-refractivity contribution >= 4 is 17.5 Å². The van der Waals surface area contributed by atoms with Gasteiger partial charge in [-0.25, -0.2) is 4.39 Å². The molecule has 0 radical (unpaired) electrons. The van der Waals surface area contributed by atoms with Crippen LogP contribution in [0.1, 0.15) is 12.0 Å². The Hall–Kier alpha value is -3.09. The number of carbonyl (C=O) groups is 2. The number of hydrogen-bond acceptors (Lipinski definition) is 4. The van der Waals surface area contributed by atoms with Crippen molar-refractivity contribution in [3.05, 3.63) is 53.8 Å². The highest BCUT2D eigenvalue weighted by Crippen LogP contribution is 2.30. The molecule has 27 heavy (non-hydrogen) atoms. The summed E-state index contributed by atoms with van der Waals surface area (Å²) in [6.45, 7) is 0.401. The van der Waals surface area contributed by atoms with Crippen molar-refractivity contribution in [2.24, 2.45) is 5.92 Å². The molecule has 0 aromatic heterocycles. The lowest BCUT2D eigenvalue weighted by molar-refractivity contribution is -0.128. The molecule has 0 bridgehead atoms. The fourth-order valence-electron chi connectivity index (χ4n) is 3.07. The molecule has 2 amide bonds. The fourth-order valence-corrected chi connectivity index (χ4v) is 3.07. The second-order valence-electron chi connectivity index (χ2n) is 6.32. The quantitative estimate of drug-likeness (QED) is 0.847. The molecule has 6 nitrogen and oxygen atoms in total. The normalized spacial score (nSPS) is 16.3. The molecule has 1 atom stereocenters. The Morgan fingerprint density at radius 2 is 2.00 bits per heavy atom. The van der Waals surface area contributed by atoms with Gasteiger partial charge in [-0.2, -0.15) is 0 Å². The average Bonchev–Trinajstić information content (AvgIpc) is 3.04. The van der Waals surface area contributed by atoms with Gasteiger partial charge >= 0.3 is 0 Å². The summed E-state index contributed by atoms with van der Waals surface area (Å²) in [6.07, 6.45) is 0.0960. The molecule has 0 saturated carbocycles. The molecule has 1 N–H and O–H groups in total. The molecule has 1 unspecified atom stereocenters. The van der Waals surface area contributed by atoms with E-state index in [4.69, 9.17) is 9.47 Å². The molecule has 142 valence electrons. The van der Waals surface area contributed by atoms with Crippen LogP contribution in [0.4, 0.5) is 10.1 Å². The minimum atomic E-state index is -0.504. The smallest absolute Gasteiger partial charge is 0.229 e. The second kappa shape index (κ2) is 8.07. The molecule has 1 aliphatic rings. The number of rotatable bonds is 6. The van der Waals surface area contributed by atoms with Gasteiger partial charge in [0, 0.05) is 31.1 Å². The lowest BCUT2D eigenvalue weighted by atomic mass is 10.1. The van der Waals surface area contributed by atoms with Crippen LogP contribution in [0.5, 0.6) is 11.5 Å². The van der Waals surface area contributed by atoms with E-state index in [1.54, 1.807) is 43.5 Å². The fraction of sp³-hybridized carbons (Fsp3) is 0.300. The first-order valence-electron chi connectivity index (χ1n) is 8.56. The van der Waals surface area contributed by atoms with Crippen molar-refractivity contribution in [1.82, 2.24) is 4.90 Å². The summed E-state index contributed by atoms with van der Waals surface area (Å²) in [5, 5.41) is 2.80. The Morgan fingerprint density at radius 1 is 1.22 bits per heavy atom. The summed E-state index contributed by atoms with van der Waals surface area (Å²) in [7, 11) is 3.04. The van der Waals surface area contributed by atoms with Crippen LogP contribution in [0.25, 0.3) is 0 Å². The van der Waals surface area contributed by atoms with Crippen LogP contribution in [-0.2, 0) is 16.1 Å². The third-order valence-electron chi connectivity index (χ3n) is 4.57. The molecule has 7 heteroatoms. The molecular weight excluding hydrogens is 351 g/mol. The number of nitrogens with one attached hydrogen (secondary N) is 1. The highest BCUT2D eigenvalue weighted by Gasteiger charge is 2.34. The summed E-state index contributed by atoms with van der Waals surface area (Å²) in [6, 6.07) is 11.4. The number of ether oxygens (including phenoxy) is 2. The minimum absolute atomic E-state index is 0.0960. The van der Waals surface area contributed by atoms with Crippen LogP contribution < -0.4 is 14.8 Å². The number of benzene rings is 2. The summed E-state index contributed by atoms with van der Waals surface area (Å²) in [5.74, 6) is -0.229. The van der Waals surface area contributed by atoms with E-state index >= 15 is 0 Å². The van der Waals surface area contributed by atoms with Gasteiger partial charge in [-0.1, -0.05) is 18.2 Å². The van der Waals surface area contributed by atoms with Crippen LogP contribution in [0.3, 0.4) is 0 Å². The van der Waals surface area contributed by atoms with E-state index in [0.29, 0.717) is 22.7 Å². The number of methoxy groups -OCH3 is 2. The van der Waals surface area contributed by atoms with Crippen molar-refractivity contribution in [2.75, 3.05) is 26.1 Å². The Kier molecular flexibility index (Phi) is 5.59. The lowest BCUT2D eigenvalue weighted by Gasteiger charge is -2.17. The molecule has 1 heterocycles. The number of hydrogen-bond donors (Lipinski definition) is 1. The van der Waals surface area contributed by atoms with Crippen molar-refractivity contribution in [1.29, 1.82) is 0 Å². The summed E-state index contributed by atoms with van der Waals surface area (Å²) in [4.78, 5) is 26.4. The van der Waals surface area contributed by atoms with Gasteiger partial charge in [0.05, 0.1) is 25.8 Å². The molecule has 0 aliphatic carbocycles. The molecule has 3 rings (SSSR count). The van der Waals surface area contributed by atoms with Crippen LogP contribution >= 0.6 is 0 Å². The summed E-state index contributed by atoms with van der Waals surface area (Å²) < 4.78 is 24.2. The third kappa shape index (κ3) is 4.19. The Labute approximate surface area is 156 Å². The Bertz CT molecular complexity index is 856. The molecule has 0 spiro atoms. The van der Waals surface area contributed by atoms with E-state index in [2.05, 4.69) is 5.32 Å². The zero-order valence-corrected chi connectivity index (χ0v) is 15.2. The maximum absolute atomic E-state index is 13.8. The second-order valence-corrected chi connectivity index (χ2v) is 6.32. The van der Waals surface area contributed by atoms with E-state index in [1.165, 1.54) is 18.1 Å². The number of likely N-dealkylation sites (tertiary alicyclic amines) is 1. The van der Waals surface area contributed by atoms with Crippen molar-refractivity contribution in [3.8, 4) is 11.5 Å². The number of carbonyl (C=O) groups excluding carboxylic acids is 2. The number of anilines is 1. The van der Waals surface area contributed by atoms with Gasteiger partial charge in [0.2, 0.25) is 11.8 Å². The van der Waals surface area contributed by atoms with Gasteiger partial charge in [-0.15, -0.1) is 0 Å². The summed E-state index contributed by atoms with van der Waals surface area (Å²) >= 11 is 0. The van der Waals surface area contributed by atoms with E-state index in [0.717, 1.165) is 0 Å². The average molecular weight is 372 g/mol. The highest BCUT2D eigenvalue weighted by molar-refractivity contribution is 5.98. The van der Waals surface area contributed by atoms with E-state index < -0.39 is 5.92 Å². The summed E-state index contributed by atoms with van der Waals surface area (Å²) in [5.41, 5.74) is 0.937. The van der Waals surface area contributed by atoms with Crippen LogP contribution in [0.15, 0.2) is 42.5 Å². The van der Waals surface area contributed by atoms with E-state index in [-0.39, 0.29) is 37.1 Å². The third-order valence-corrected chi connectivity index (χ3v) is 4.57. The number of amides is 2. The molecule has 1 fully saturated rings. The monoisotopic (exact) mass is 372 g/mol. The standard InChI is InChI=1S/C20H21FN2O4/c1-26-15-7-8-17(18(10-15)27-2)22-20(25)14-9-19(24)23(12-14)11-13-5-3-4-6-16(13)21/h3-8,10,14H,9,11-12H2,1-2H3,(H,22,25). The molecule has 2 aromatic rings. The van der Waals surface area contributed by atoms with Crippen molar-refractivity contribution < 1.29 is 23.5 Å². The number of halogens is 1. The first kappa shape index (κ1) is 18.7.